The van der Waals surface area contributed by atoms with Crippen molar-refractivity contribution < 1.29 is 14.7 Å². The fraction of sp³-hybridized carbons (Fsp3) is 0.882. The van der Waals surface area contributed by atoms with Gasteiger partial charge in [0.1, 0.15) is 0 Å². The number of carbonyl (C=O) groups excluding carboxylic acids is 2. The van der Waals surface area contributed by atoms with Gasteiger partial charge in [-0.1, -0.05) is 12.8 Å². The van der Waals surface area contributed by atoms with E-state index in [0.29, 0.717) is 19.4 Å². The van der Waals surface area contributed by atoms with Gasteiger partial charge < -0.3 is 20.2 Å². The molecule has 6 heteroatoms. The molecule has 132 valence electrons. The zero-order valence-electron chi connectivity index (χ0n) is 14.8. The summed E-state index contributed by atoms with van der Waals surface area (Å²) in [6.07, 6.45) is 5.13. The lowest BCUT2D eigenvalue weighted by molar-refractivity contribution is -0.134. The van der Waals surface area contributed by atoms with Crippen LogP contribution in [0.2, 0.25) is 0 Å². The highest BCUT2D eigenvalue weighted by atomic mass is 16.3. The van der Waals surface area contributed by atoms with Gasteiger partial charge >= 0.3 is 0 Å². The minimum absolute atomic E-state index is 0.0504. The Hall–Kier alpha value is -1.14. The first-order valence-corrected chi connectivity index (χ1v) is 8.65. The van der Waals surface area contributed by atoms with Crippen molar-refractivity contribution in [2.75, 3.05) is 27.7 Å². The molecule has 0 aromatic heterocycles. The molecule has 0 saturated heterocycles. The third-order valence-corrected chi connectivity index (χ3v) is 5.99. The maximum atomic E-state index is 12.5. The Balaban J connectivity index is 1.92. The molecule has 2 fully saturated rings. The van der Waals surface area contributed by atoms with E-state index in [1.807, 2.05) is 0 Å². The first-order valence-electron chi connectivity index (χ1n) is 8.65. The summed E-state index contributed by atoms with van der Waals surface area (Å²) in [5.74, 6) is -0.569. The van der Waals surface area contributed by atoms with Crippen molar-refractivity contribution in [1.29, 1.82) is 0 Å². The minimum atomic E-state index is -0.775. The standard InChI is InChI=1S/C17H31N3O3/c1-12(21)20(4)14-8-7-13(15(14)22)16(23)18-11-17(19(2)3)9-5-6-10-17/h13-15,22H,5-11H2,1-4H3,(H,18,23)/t13-,14-,15+/m1/s1. The summed E-state index contributed by atoms with van der Waals surface area (Å²) in [5.41, 5.74) is 0.0504. The minimum Gasteiger partial charge on any atom is -0.390 e. The number of hydrogen-bond donors (Lipinski definition) is 2. The van der Waals surface area contributed by atoms with Crippen LogP contribution in [0.5, 0.6) is 0 Å². The Morgan fingerprint density at radius 3 is 2.30 bits per heavy atom. The van der Waals surface area contributed by atoms with E-state index in [4.69, 9.17) is 0 Å². The number of carbonyl (C=O) groups is 2. The van der Waals surface area contributed by atoms with Crippen molar-refractivity contribution >= 4 is 11.8 Å². The van der Waals surface area contributed by atoms with Gasteiger partial charge in [-0.25, -0.2) is 0 Å². The van der Waals surface area contributed by atoms with Crippen molar-refractivity contribution in [3.63, 3.8) is 0 Å². The number of likely N-dealkylation sites (N-methyl/N-ethyl adjacent to an activating group) is 2. The summed E-state index contributed by atoms with van der Waals surface area (Å²) < 4.78 is 0. The van der Waals surface area contributed by atoms with E-state index in [0.717, 1.165) is 12.8 Å². The molecule has 2 aliphatic carbocycles. The molecule has 23 heavy (non-hydrogen) atoms. The number of nitrogens with zero attached hydrogens (tertiary/aromatic N) is 2. The molecule has 0 unspecified atom stereocenters. The largest absolute Gasteiger partial charge is 0.390 e. The van der Waals surface area contributed by atoms with Gasteiger partial charge in [-0.3, -0.25) is 9.59 Å². The summed E-state index contributed by atoms with van der Waals surface area (Å²) in [5, 5.41) is 13.5. The predicted molar refractivity (Wildman–Crippen MR) is 88.9 cm³/mol. The molecule has 3 atom stereocenters. The molecule has 2 amide bonds. The molecular weight excluding hydrogens is 294 g/mol. The number of hydrogen-bond acceptors (Lipinski definition) is 4. The van der Waals surface area contributed by atoms with Crippen LogP contribution in [-0.4, -0.2) is 72.1 Å². The lowest BCUT2D eigenvalue weighted by atomic mass is 9.95. The van der Waals surface area contributed by atoms with Crippen LogP contribution >= 0.6 is 0 Å². The van der Waals surface area contributed by atoms with Crippen LogP contribution in [0.15, 0.2) is 0 Å². The SMILES string of the molecule is CC(=O)N(C)[C@@H]1CC[C@@H](C(=O)NCC2(N(C)C)CCCC2)[C@@H]1O. The molecule has 2 N–H and O–H groups in total. The van der Waals surface area contributed by atoms with Crippen LogP contribution < -0.4 is 5.32 Å². The van der Waals surface area contributed by atoms with Gasteiger partial charge in [0, 0.05) is 26.1 Å². The zero-order chi connectivity index (χ0) is 17.2. The second-order valence-corrected chi connectivity index (χ2v) is 7.42. The van der Waals surface area contributed by atoms with Gasteiger partial charge in [0.2, 0.25) is 11.8 Å². The Bertz CT molecular complexity index is 446. The third-order valence-electron chi connectivity index (χ3n) is 5.99. The van der Waals surface area contributed by atoms with Gasteiger partial charge in [0.25, 0.3) is 0 Å². The van der Waals surface area contributed by atoms with E-state index < -0.39 is 12.0 Å². The highest BCUT2D eigenvalue weighted by Crippen LogP contribution is 2.34. The van der Waals surface area contributed by atoms with Gasteiger partial charge in [-0.15, -0.1) is 0 Å². The second-order valence-electron chi connectivity index (χ2n) is 7.42. The third kappa shape index (κ3) is 3.69. The molecule has 0 aromatic rings. The van der Waals surface area contributed by atoms with Crippen LogP contribution in [-0.2, 0) is 9.59 Å². The predicted octanol–water partition coefficient (Wildman–Crippen LogP) is 0.595. The lowest BCUT2D eigenvalue weighted by Crippen LogP contribution is -2.52. The molecular formula is C17H31N3O3. The summed E-state index contributed by atoms with van der Waals surface area (Å²) in [7, 11) is 5.83. The van der Waals surface area contributed by atoms with Crippen LogP contribution in [0.25, 0.3) is 0 Å². The molecule has 2 saturated carbocycles. The van der Waals surface area contributed by atoms with Crippen LogP contribution in [0.1, 0.15) is 45.4 Å². The fourth-order valence-corrected chi connectivity index (χ4v) is 4.10. The number of nitrogens with one attached hydrogen (secondary N) is 1. The summed E-state index contributed by atoms with van der Waals surface area (Å²) in [6.45, 7) is 2.12. The Morgan fingerprint density at radius 2 is 1.78 bits per heavy atom. The van der Waals surface area contributed by atoms with Crippen molar-refractivity contribution in [2.45, 2.75) is 63.1 Å². The average molecular weight is 325 g/mol. The number of aliphatic hydroxyl groups excluding tert-OH is 1. The molecule has 0 aromatic carbocycles. The molecule has 0 aliphatic heterocycles. The van der Waals surface area contributed by atoms with Crippen molar-refractivity contribution in [3.05, 3.63) is 0 Å². The van der Waals surface area contributed by atoms with E-state index in [1.54, 1.807) is 11.9 Å². The van der Waals surface area contributed by atoms with Crippen molar-refractivity contribution in [2.24, 2.45) is 5.92 Å². The van der Waals surface area contributed by atoms with Crippen LogP contribution in [0, 0.1) is 5.92 Å². The van der Waals surface area contributed by atoms with Gasteiger partial charge in [0.15, 0.2) is 0 Å². The second kappa shape index (κ2) is 7.18. The number of amides is 2. The monoisotopic (exact) mass is 325 g/mol. The summed E-state index contributed by atoms with van der Waals surface area (Å²) in [6, 6.07) is -0.252. The fourth-order valence-electron chi connectivity index (χ4n) is 4.10. The average Bonchev–Trinajstić information content (AvgIpc) is 3.11. The maximum absolute atomic E-state index is 12.5. The van der Waals surface area contributed by atoms with Crippen LogP contribution in [0.3, 0.4) is 0 Å². The summed E-state index contributed by atoms with van der Waals surface area (Å²) in [4.78, 5) is 27.8. The van der Waals surface area contributed by atoms with Gasteiger partial charge in [-0.05, 0) is 39.8 Å². The zero-order valence-corrected chi connectivity index (χ0v) is 14.8. The first-order chi connectivity index (χ1) is 10.8. The van der Waals surface area contributed by atoms with E-state index in [9.17, 15) is 14.7 Å². The number of rotatable bonds is 5. The van der Waals surface area contributed by atoms with Crippen molar-refractivity contribution in [1.82, 2.24) is 15.1 Å². The van der Waals surface area contributed by atoms with E-state index in [1.165, 1.54) is 19.8 Å². The topological polar surface area (TPSA) is 72.9 Å². The highest BCUT2D eigenvalue weighted by Gasteiger charge is 2.43. The molecule has 0 spiro atoms. The molecule has 0 radical (unpaired) electrons. The Labute approximate surface area is 139 Å². The summed E-state index contributed by atoms with van der Waals surface area (Å²) >= 11 is 0. The Morgan fingerprint density at radius 1 is 1.17 bits per heavy atom. The molecule has 2 rings (SSSR count). The van der Waals surface area contributed by atoms with E-state index >= 15 is 0 Å². The first kappa shape index (κ1) is 18.2. The van der Waals surface area contributed by atoms with E-state index in [-0.39, 0.29) is 23.4 Å². The Kier molecular flexibility index (Phi) is 5.68. The number of aliphatic hydroxyl groups is 1. The normalized spacial score (nSPS) is 29.7. The lowest BCUT2D eigenvalue weighted by Gasteiger charge is -2.37. The van der Waals surface area contributed by atoms with Crippen LogP contribution in [0.4, 0.5) is 0 Å². The smallest absolute Gasteiger partial charge is 0.225 e. The maximum Gasteiger partial charge on any atom is 0.225 e. The molecule has 0 heterocycles. The quantitative estimate of drug-likeness (QED) is 0.776. The van der Waals surface area contributed by atoms with Gasteiger partial charge in [-0.2, -0.15) is 0 Å². The molecule has 6 nitrogen and oxygen atoms in total. The molecule has 2 aliphatic rings. The van der Waals surface area contributed by atoms with Crippen molar-refractivity contribution in [3.8, 4) is 0 Å². The van der Waals surface area contributed by atoms with Gasteiger partial charge in [0.05, 0.1) is 18.1 Å². The van der Waals surface area contributed by atoms with E-state index in [2.05, 4.69) is 24.3 Å². The highest BCUT2D eigenvalue weighted by molar-refractivity contribution is 5.80. The molecule has 0 bridgehead atoms.